The van der Waals surface area contributed by atoms with E-state index >= 15 is 0 Å². The van der Waals surface area contributed by atoms with Gasteiger partial charge < -0.3 is 15.8 Å². The van der Waals surface area contributed by atoms with Crippen molar-refractivity contribution in [1.29, 1.82) is 0 Å². The standard InChI is InChI=1S/C11H24N2O2/c1-5-13-10(11(12)14)7-15-9(4)6-8(2)3/h8-10,13H,5-7H2,1-4H3,(H2,12,14). The molecule has 0 heterocycles. The van der Waals surface area contributed by atoms with E-state index in [1.807, 2.05) is 13.8 Å². The monoisotopic (exact) mass is 216 g/mol. The molecule has 0 radical (unpaired) electrons. The first-order chi connectivity index (χ1) is 6.97. The Morgan fingerprint density at radius 3 is 2.40 bits per heavy atom. The van der Waals surface area contributed by atoms with Gasteiger partial charge in [-0.1, -0.05) is 20.8 Å². The van der Waals surface area contributed by atoms with Gasteiger partial charge in [0.05, 0.1) is 12.7 Å². The van der Waals surface area contributed by atoms with Crippen molar-refractivity contribution in [2.75, 3.05) is 13.2 Å². The van der Waals surface area contributed by atoms with E-state index < -0.39 is 0 Å². The van der Waals surface area contributed by atoms with Gasteiger partial charge in [-0.25, -0.2) is 0 Å². The SMILES string of the molecule is CCNC(COC(C)CC(C)C)C(N)=O. The summed E-state index contributed by atoms with van der Waals surface area (Å²) >= 11 is 0. The number of hydrogen-bond acceptors (Lipinski definition) is 3. The van der Waals surface area contributed by atoms with Crippen LogP contribution in [0.15, 0.2) is 0 Å². The van der Waals surface area contributed by atoms with Crippen molar-refractivity contribution >= 4 is 5.91 Å². The van der Waals surface area contributed by atoms with E-state index in [1.54, 1.807) is 0 Å². The van der Waals surface area contributed by atoms with E-state index in [-0.39, 0.29) is 18.1 Å². The van der Waals surface area contributed by atoms with Crippen molar-refractivity contribution in [3.63, 3.8) is 0 Å². The molecule has 0 spiro atoms. The molecule has 2 atom stereocenters. The molecule has 0 aliphatic heterocycles. The molecule has 0 aromatic heterocycles. The van der Waals surface area contributed by atoms with Gasteiger partial charge in [-0.15, -0.1) is 0 Å². The maximum Gasteiger partial charge on any atom is 0.236 e. The molecular formula is C11H24N2O2. The number of nitrogens with one attached hydrogen (secondary N) is 1. The lowest BCUT2D eigenvalue weighted by Crippen LogP contribution is -2.45. The number of primary amides is 1. The molecule has 0 saturated heterocycles. The van der Waals surface area contributed by atoms with E-state index in [9.17, 15) is 4.79 Å². The number of nitrogens with two attached hydrogens (primary N) is 1. The van der Waals surface area contributed by atoms with Crippen molar-refractivity contribution in [2.24, 2.45) is 11.7 Å². The van der Waals surface area contributed by atoms with Gasteiger partial charge in [0.2, 0.25) is 5.91 Å². The van der Waals surface area contributed by atoms with Crippen LogP contribution in [0.2, 0.25) is 0 Å². The fraction of sp³-hybridized carbons (Fsp3) is 0.909. The Morgan fingerprint density at radius 2 is 2.00 bits per heavy atom. The van der Waals surface area contributed by atoms with Crippen molar-refractivity contribution in [3.8, 4) is 0 Å². The Bertz CT molecular complexity index is 183. The van der Waals surface area contributed by atoms with Crippen LogP contribution < -0.4 is 11.1 Å². The van der Waals surface area contributed by atoms with Crippen LogP contribution in [-0.2, 0) is 9.53 Å². The van der Waals surface area contributed by atoms with Gasteiger partial charge in [0.1, 0.15) is 6.04 Å². The molecule has 0 bridgehead atoms. The smallest absolute Gasteiger partial charge is 0.236 e. The van der Waals surface area contributed by atoms with Crippen LogP contribution >= 0.6 is 0 Å². The van der Waals surface area contributed by atoms with Crippen molar-refractivity contribution in [3.05, 3.63) is 0 Å². The third kappa shape index (κ3) is 7.33. The average molecular weight is 216 g/mol. The summed E-state index contributed by atoms with van der Waals surface area (Å²) in [6.07, 6.45) is 1.17. The van der Waals surface area contributed by atoms with Crippen LogP contribution in [0.1, 0.15) is 34.1 Å². The minimum absolute atomic E-state index is 0.172. The van der Waals surface area contributed by atoms with Crippen molar-refractivity contribution in [1.82, 2.24) is 5.32 Å². The van der Waals surface area contributed by atoms with Crippen LogP contribution in [0, 0.1) is 5.92 Å². The van der Waals surface area contributed by atoms with Gasteiger partial charge in [-0.3, -0.25) is 4.79 Å². The predicted molar refractivity (Wildman–Crippen MR) is 61.5 cm³/mol. The normalized spacial score (nSPS) is 15.3. The van der Waals surface area contributed by atoms with Crippen molar-refractivity contribution < 1.29 is 9.53 Å². The molecule has 4 heteroatoms. The lowest BCUT2D eigenvalue weighted by atomic mass is 10.1. The molecule has 15 heavy (non-hydrogen) atoms. The summed E-state index contributed by atoms with van der Waals surface area (Å²) < 4.78 is 5.57. The van der Waals surface area contributed by atoms with Gasteiger partial charge in [0.15, 0.2) is 0 Å². The lowest BCUT2D eigenvalue weighted by Gasteiger charge is -2.19. The summed E-state index contributed by atoms with van der Waals surface area (Å²) in [7, 11) is 0. The molecule has 0 fully saturated rings. The highest BCUT2D eigenvalue weighted by molar-refractivity contribution is 5.79. The van der Waals surface area contributed by atoms with E-state index in [1.165, 1.54) is 0 Å². The molecule has 1 amide bonds. The van der Waals surface area contributed by atoms with Gasteiger partial charge in [-0.05, 0) is 25.8 Å². The topological polar surface area (TPSA) is 64.3 Å². The predicted octanol–water partition coefficient (Wildman–Crippen LogP) is 0.901. The highest BCUT2D eigenvalue weighted by Gasteiger charge is 2.15. The molecule has 3 N–H and O–H groups in total. The highest BCUT2D eigenvalue weighted by atomic mass is 16.5. The lowest BCUT2D eigenvalue weighted by molar-refractivity contribution is -0.122. The van der Waals surface area contributed by atoms with E-state index in [4.69, 9.17) is 10.5 Å². The molecule has 0 aromatic carbocycles. The Kier molecular flexibility index (Phi) is 7.34. The molecule has 90 valence electrons. The molecule has 0 aromatic rings. The first-order valence-electron chi connectivity index (χ1n) is 5.61. The molecule has 0 aliphatic rings. The zero-order valence-electron chi connectivity index (χ0n) is 10.2. The number of amides is 1. The van der Waals surface area contributed by atoms with Crippen LogP contribution in [0.3, 0.4) is 0 Å². The fourth-order valence-corrected chi connectivity index (χ4v) is 1.48. The molecule has 0 saturated carbocycles. The third-order valence-corrected chi connectivity index (χ3v) is 2.14. The number of ether oxygens (including phenoxy) is 1. The first-order valence-corrected chi connectivity index (χ1v) is 5.61. The Labute approximate surface area is 92.6 Å². The van der Waals surface area contributed by atoms with Crippen LogP contribution in [0.5, 0.6) is 0 Å². The summed E-state index contributed by atoms with van der Waals surface area (Å²) in [5, 5.41) is 2.99. The van der Waals surface area contributed by atoms with Crippen molar-refractivity contribution in [2.45, 2.75) is 46.3 Å². The fourth-order valence-electron chi connectivity index (χ4n) is 1.48. The first kappa shape index (κ1) is 14.4. The number of carbonyl (C=O) groups is 1. The van der Waals surface area contributed by atoms with Gasteiger partial charge in [0, 0.05) is 0 Å². The van der Waals surface area contributed by atoms with E-state index in [2.05, 4.69) is 19.2 Å². The zero-order valence-corrected chi connectivity index (χ0v) is 10.2. The highest BCUT2D eigenvalue weighted by Crippen LogP contribution is 2.07. The Morgan fingerprint density at radius 1 is 1.40 bits per heavy atom. The maximum atomic E-state index is 11.0. The van der Waals surface area contributed by atoms with Gasteiger partial charge >= 0.3 is 0 Å². The largest absolute Gasteiger partial charge is 0.376 e. The number of carbonyl (C=O) groups excluding carboxylic acids is 1. The van der Waals surface area contributed by atoms with Crippen LogP contribution in [0.25, 0.3) is 0 Å². The summed E-state index contributed by atoms with van der Waals surface area (Å²) in [5.41, 5.74) is 5.23. The molecular weight excluding hydrogens is 192 g/mol. The van der Waals surface area contributed by atoms with Crippen LogP contribution in [0.4, 0.5) is 0 Å². The Balaban J connectivity index is 3.83. The number of likely N-dealkylation sites (N-methyl/N-ethyl adjacent to an activating group) is 1. The molecule has 2 unspecified atom stereocenters. The van der Waals surface area contributed by atoms with E-state index in [0.29, 0.717) is 12.5 Å². The summed E-state index contributed by atoms with van der Waals surface area (Å²) in [6, 6.07) is -0.371. The maximum absolute atomic E-state index is 11.0. The van der Waals surface area contributed by atoms with Crippen LogP contribution in [-0.4, -0.2) is 31.2 Å². The minimum atomic E-state index is -0.371. The quantitative estimate of drug-likeness (QED) is 0.633. The summed E-state index contributed by atoms with van der Waals surface area (Å²) in [4.78, 5) is 11.0. The summed E-state index contributed by atoms with van der Waals surface area (Å²) in [6.45, 7) is 9.33. The number of rotatable bonds is 8. The molecule has 0 rings (SSSR count). The second-order valence-electron chi connectivity index (χ2n) is 4.29. The second-order valence-corrected chi connectivity index (χ2v) is 4.29. The summed E-state index contributed by atoms with van der Waals surface area (Å²) in [5.74, 6) is 0.250. The number of hydrogen-bond donors (Lipinski definition) is 2. The van der Waals surface area contributed by atoms with E-state index in [0.717, 1.165) is 13.0 Å². The molecule has 0 aliphatic carbocycles. The minimum Gasteiger partial charge on any atom is -0.376 e. The van der Waals surface area contributed by atoms with Gasteiger partial charge in [0.25, 0.3) is 0 Å². The zero-order chi connectivity index (χ0) is 11.8. The average Bonchev–Trinajstić information content (AvgIpc) is 2.10. The second kappa shape index (κ2) is 7.65. The van der Waals surface area contributed by atoms with Gasteiger partial charge in [-0.2, -0.15) is 0 Å². The molecule has 4 nitrogen and oxygen atoms in total. The Hall–Kier alpha value is -0.610. The third-order valence-electron chi connectivity index (χ3n) is 2.14.